The van der Waals surface area contributed by atoms with Gasteiger partial charge in [0.15, 0.2) is 0 Å². The summed E-state index contributed by atoms with van der Waals surface area (Å²) in [6.45, 7) is 2.29. The minimum atomic E-state index is -0.00272. The van der Waals surface area contributed by atoms with E-state index in [9.17, 15) is 9.59 Å². The maximum Gasteiger partial charge on any atom is 0.264 e. The van der Waals surface area contributed by atoms with Gasteiger partial charge < -0.3 is 14.4 Å². The van der Waals surface area contributed by atoms with Crippen LogP contribution in [0.25, 0.3) is 0 Å². The van der Waals surface area contributed by atoms with E-state index in [1.807, 2.05) is 35.0 Å². The predicted molar refractivity (Wildman–Crippen MR) is 90.9 cm³/mol. The van der Waals surface area contributed by atoms with E-state index >= 15 is 0 Å². The maximum absolute atomic E-state index is 12.4. The van der Waals surface area contributed by atoms with Gasteiger partial charge in [-0.2, -0.15) is 0 Å². The second kappa shape index (κ2) is 6.76. The summed E-state index contributed by atoms with van der Waals surface area (Å²) in [5.74, 6) is 0.111. The van der Waals surface area contributed by atoms with E-state index in [0.29, 0.717) is 41.8 Å². The van der Waals surface area contributed by atoms with E-state index in [2.05, 4.69) is 0 Å². The first-order chi connectivity index (χ1) is 11.0. The smallest absolute Gasteiger partial charge is 0.264 e. The fourth-order valence-corrected chi connectivity index (χ4v) is 3.71. The lowest BCUT2D eigenvalue weighted by molar-refractivity contribution is -0.131. The highest BCUT2D eigenvalue weighted by Gasteiger charge is 2.25. The van der Waals surface area contributed by atoms with Crippen LogP contribution in [-0.4, -0.2) is 52.4 Å². The van der Waals surface area contributed by atoms with Crippen LogP contribution in [0.3, 0.4) is 0 Å². The number of piperazine rings is 1. The quantitative estimate of drug-likeness (QED) is 0.851. The summed E-state index contributed by atoms with van der Waals surface area (Å²) >= 11 is 7.17. The van der Waals surface area contributed by atoms with Crippen LogP contribution in [0.1, 0.15) is 15.2 Å². The van der Waals surface area contributed by atoms with Gasteiger partial charge >= 0.3 is 0 Å². The highest BCUT2D eigenvalue weighted by atomic mass is 35.5. The Morgan fingerprint density at radius 3 is 2.39 bits per heavy atom. The van der Waals surface area contributed by atoms with Crippen molar-refractivity contribution in [1.82, 2.24) is 14.4 Å². The van der Waals surface area contributed by atoms with Crippen molar-refractivity contribution < 1.29 is 9.59 Å². The van der Waals surface area contributed by atoms with Crippen molar-refractivity contribution in [2.45, 2.75) is 6.42 Å². The highest BCUT2D eigenvalue weighted by molar-refractivity contribution is 7.17. The Morgan fingerprint density at radius 2 is 1.83 bits per heavy atom. The molecule has 0 atom stereocenters. The zero-order valence-electron chi connectivity index (χ0n) is 12.9. The molecule has 3 rings (SSSR count). The number of hydrogen-bond acceptors (Lipinski definition) is 3. The third-order valence-electron chi connectivity index (χ3n) is 3.95. The Balaban J connectivity index is 1.53. The van der Waals surface area contributed by atoms with Crippen molar-refractivity contribution in [3.05, 3.63) is 45.4 Å². The average Bonchev–Trinajstić information content (AvgIpc) is 3.15. The molecule has 0 radical (unpaired) electrons. The van der Waals surface area contributed by atoms with Crippen molar-refractivity contribution in [2.75, 3.05) is 26.2 Å². The van der Waals surface area contributed by atoms with E-state index in [4.69, 9.17) is 11.6 Å². The Morgan fingerprint density at radius 1 is 1.13 bits per heavy atom. The maximum atomic E-state index is 12.4. The molecule has 0 bridgehead atoms. The first kappa shape index (κ1) is 16.1. The molecule has 122 valence electrons. The van der Waals surface area contributed by atoms with Crippen LogP contribution < -0.4 is 0 Å². The first-order valence-corrected chi connectivity index (χ1v) is 8.65. The third kappa shape index (κ3) is 3.76. The Bertz CT molecular complexity index is 716. The van der Waals surface area contributed by atoms with Crippen molar-refractivity contribution in [1.29, 1.82) is 0 Å². The van der Waals surface area contributed by atoms with E-state index < -0.39 is 0 Å². The number of carbonyl (C=O) groups is 2. The fraction of sp³-hybridized carbons (Fsp3) is 0.375. The van der Waals surface area contributed by atoms with Gasteiger partial charge in [0.05, 0.1) is 15.6 Å². The summed E-state index contributed by atoms with van der Waals surface area (Å²) in [6, 6.07) is 5.44. The molecule has 3 heterocycles. The summed E-state index contributed by atoms with van der Waals surface area (Å²) in [5.41, 5.74) is 1.02. The molecule has 1 aliphatic heterocycles. The molecule has 2 amide bonds. The van der Waals surface area contributed by atoms with Gasteiger partial charge in [0.25, 0.3) is 5.91 Å². The van der Waals surface area contributed by atoms with Crippen molar-refractivity contribution in [3.8, 4) is 0 Å². The number of rotatable bonds is 3. The van der Waals surface area contributed by atoms with E-state index in [1.54, 1.807) is 17.0 Å². The third-order valence-corrected chi connectivity index (χ3v) is 5.17. The highest BCUT2D eigenvalue weighted by Crippen LogP contribution is 2.23. The topological polar surface area (TPSA) is 45.6 Å². The zero-order chi connectivity index (χ0) is 16.4. The van der Waals surface area contributed by atoms with Gasteiger partial charge in [0, 0.05) is 45.6 Å². The number of aromatic nitrogens is 1. The standard InChI is InChI=1S/C16H18ClN3O2S/c1-18-5-4-12(11-18)10-15(21)19-6-8-20(9-7-19)16(22)13-2-3-14(17)23-13/h2-5,11H,6-10H2,1H3. The number of amides is 2. The number of halogens is 1. The van der Waals surface area contributed by atoms with Crippen LogP contribution in [-0.2, 0) is 18.3 Å². The van der Waals surface area contributed by atoms with E-state index in [1.165, 1.54) is 11.3 Å². The Kier molecular flexibility index (Phi) is 4.73. The summed E-state index contributed by atoms with van der Waals surface area (Å²) in [5, 5.41) is 0. The second-order valence-corrected chi connectivity index (χ2v) is 7.35. The number of carbonyl (C=O) groups excluding carboxylic acids is 2. The van der Waals surface area contributed by atoms with Gasteiger partial charge in [-0.15, -0.1) is 11.3 Å². The molecule has 5 nitrogen and oxygen atoms in total. The summed E-state index contributed by atoms with van der Waals surface area (Å²) in [4.78, 5) is 28.9. The summed E-state index contributed by atoms with van der Waals surface area (Å²) in [7, 11) is 1.94. The molecule has 7 heteroatoms. The molecule has 0 spiro atoms. The van der Waals surface area contributed by atoms with Crippen molar-refractivity contribution >= 4 is 34.8 Å². The summed E-state index contributed by atoms with van der Waals surface area (Å²) < 4.78 is 2.55. The van der Waals surface area contributed by atoms with Crippen LogP contribution >= 0.6 is 22.9 Å². The van der Waals surface area contributed by atoms with Crippen LogP contribution in [0, 0.1) is 0 Å². The SMILES string of the molecule is Cn1ccc(CC(=O)N2CCN(C(=O)c3ccc(Cl)s3)CC2)c1. The number of nitrogens with zero attached hydrogens (tertiary/aromatic N) is 3. The van der Waals surface area contributed by atoms with Crippen molar-refractivity contribution in [2.24, 2.45) is 7.05 Å². The van der Waals surface area contributed by atoms with Crippen LogP contribution in [0.4, 0.5) is 0 Å². The molecule has 0 unspecified atom stereocenters. The molecule has 1 aliphatic rings. The minimum Gasteiger partial charge on any atom is -0.357 e. The van der Waals surface area contributed by atoms with Gasteiger partial charge in [-0.05, 0) is 23.8 Å². The predicted octanol–water partition coefficient (Wildman–Crippen LogP) is 2.27. The Hall–Kier alpha value is -1.79. The van der Waals surface area contributed by atoms with E-state index in [-0.39, 0.29) is 11.8 Å². The molecular formula is C16H18ClN3O2S. The van der Waals surface area contributed by atoms with E-state index in [0.717, 1.165) is 5.56 Å². The summed E-state index contributed by atoms with van der Waals surface area (Å²) in [6.07, 6.45) is 4.30. The second-order valence-electron chi connectivity index (χ2n) is 5.64. The lowest BCUT2D eigenvalue weighted by Gasteiger charge is -2.34. The van der Waals surface area contributed by atoms with Gasteiger partial charge in [-0.1, -0.05) is 11.6 Å². The van der Waals surface area contributed by atoms with Gasteiger partial charge in [-0.25, -0.2) is 0 Å². The van der Waals surface area contributed by atoms with Crippen molar-refractivity contribution in [3.63, 3.8) is 0 Å². The van der Waals surface area contributed by atoms with Crippen LogP contribution in [0.2, 0.25) is 4.34 Å². The molecule has 0 N–H and O–H groups in total. The van der Waals surface area contributed by atoms with Gasteiger partial charge in [-0.3, -0.25) is 9.59 Å². The molecule has 0 aliphatic carbocycles. The number of aryl methyl sites for hydroxylation is 1. The monoisotopic (exact) mass is 351 g/mol. The normalized spacial score (nSPS) is 15.0. The molecule has 2 aromatic rings. The lowest BCUT2D eigenvalue weighted by Crippen LogP contribution is -2.50. The van der Waals surface area contributed by atoms with Gasteiger partial charge in [0.1, 0.15) is 0 Å². The first-order valence-electron chi connectivity index (χ1n) is 7.46. The minimum absolute atomic E-state index is 0.00272. The Labute approximate surface area is 144 Å². The average molecular weight is 352 g/mol. The zero-order valence-corrected chi connectivity index (χ0v) is 14.4. The molecule has 1 fully saturated rings. The largest absolute Gasteiger partial charge is 0.357 e. The number of hydrogen-bond donors (Lipinski definition) is 0. The molecule has 1 saturated heterocycles. The molecule has 0 saturated carbocycles. The fourth-order valence-electron chi connectivity index (χ4n) is 2.70. The lowest BCUT2D eigenvalue weighted by atomic mass is 10.2. The number of thiophene rings is 1. The van der Waals surface area contributed by atoms with Crippen LogP contribution in [0.5, 0.6) is 0 Å². The molecule has 2 aromatic heterocycles. The molecule has 0 aromatic carbocycles. The van der Waals surface area contributed by atoms with Crippen LogP contribution in [0.15, 0.2) is 30.6 Å². The van der Waals surface area contributed by atoms with Gasteiger partial charge in [0.2, 0.25) is 5.91 Å². The molecule has 23 heavy (non-hydrogen) atoms. The molecular weight excluding hydrogens is 334 g/mol.